The summed E-state index contributed by atoms with van der Waals surface area (Å²) in [7, 11) is 0. The predicted molar refractivity (Wildman–Crippen MR) is 108 cm³/mol. The lowest BCUT2D eigenvalue weighted by Crippen LogP contribution is -2.53. The van der Waals surface area contributed by atoms with Crippen molar-refractivity contribution in [3.63, 3.8) is 0 Å². The second-order valence-electron chi connectivity index (χ2n) is 10.6. The average Bonchev–Trinajstić information content (AvgIpc) is 2.53. The Morgan fingerprint density at radius 3 is 2.48 bits per heavy atom. The summed E-state index contributed by atoms with van der Waals surface area (Å²) in [6, 6.07) is 0.232. The van der Waals surface area contributed by atoms with Crippen molar-refractivity contribution in [2.24, 2.45) is 46.0 Å². The molecule has 2 saturated carbocycles. The zero-order chi connectivity index (χ0) is 18.4. The molecule has 144 valence electrons. The number of hydrogen-bond donors (Lipinski definition) is 2. The van der Waals surface area contributed by atoms with Crippen molar-refractivity contribution < 1.29 is 0 Å². The first-order chi connectivity index (χ1) is 11.7. The predicted octanol–water partition coefficient (Wildman–Crippen LogP) is 5.27. The minimum Gasteiger partial charge on any atom is -0.327 e. The van der Waals surface area contributed by atoms with E-state index in [0.717, 1.165) is 30.1 Å². The van der Waals surface area contributed by atoms with Gasteiger partial charge in [-0.25, -0.2) is 0 Å². The average molecular weight is 347 g/mol. The van der Waals surface area contributed by atoms with E-state index in [2.05, 4.69) is 40.7 Å². The number of hydrogen-bond acceptors (Lipinski definition) is 2. The van der Waals surface area contributed by atoms with Gasteiger partial charge in [0.15, 0.2) is 0 Å². The highest BCUT2D eigenvalue weighted by molar-refractivity contribution is 5.22. The maximum absolute atomic E-state index is 6.44. The first kappa shape index (κ1) is 19.4. The summed E-state index contributed by atoms with van der Waals surface area (Å²) in [6.07, 6.45) is 13.3. The molecule has 0 bridgehead atoms. The summed E-state index contributed by atoms with van der Waals surface area (Å²) in [5.74, 6) is 3.34. The van der Waals surface area contributed by atoms with Gasteiger partial charge in [0.05, 0.1) is 0 Å². The molecule has 0 radical (unpaired) electrons. The summed E-state index contributed by atoms with van der Waals surface area (Å²) in [5.41, 5.74) is 15.2. The maximum atomic E-state index is 6.44. The van der Waals surface area contributed by atoms with E-state index in [9.17, 15) is 0 Å². The smallest absolute Gasteiger partial charge is 0.0194 e. The van der Waals surface area contributed by atoms with Crippen LogP contribution in [0.15, 0.2) is 11.6 Å². The van der Waals surface area contributed by atoms with Crippen LogP contribution in [0.5, 0.6) is 0 Å². The first-order valence-electron chi connectivity index (χ1n) is 10.9. The van der Waals surface area contributed by atoms with Gasteiger partial charge in [-0.2, -0.15) is 0 Å². The number of allylic oxidation sites excluding steroid dienone is 2. The lowest BCUT2D eigenvalue weighted by Gasteiger charge is -2.60. The van der Waals surface area contributed by atoms with Gasteiger partial charge >= 0.3 is 0 Å². The Hall–Kier alpha value is -0.340. The topological polar surface area (TPSA) is 52.0 Å². The van der Waals surface area contributed by atoms with Crippen molar-refractivity contribution in [3.8, 4) is 0 Å². The summed E-state index contributed by atoms with van der Waals surface area (Å²) in [6.45, 7) is 12.0. The Labute approximate surface area is 156 Å². The van der Waals surface area contributed by atoms with Gasteiger partial charge in [-0.05, 0) is 86.4 Å². The molecule has 0 aromatic rings. The highest BCUT2D eigenvalue weighted by atomic mass is 14.8. The Balaban J connectivity index is 1.85. The second kappa shape index (κ2) is 7.00. The molecule has 2 nitrogen and oxygen atoms in total. The minimum atomic E-state index is 0.0983. The monoisotopic (exact) mass is 346 g/mol. The lowest BCUT2D eigenvalue weighted by atomic mass is 9.45. The van der Waals surface area contributed by atoms with Crippen LogP contribution in [0.25, 0.3) is 0 Å². The molecule has 0 aliphatic heterocycles. The summed E-state index contributed by atoms with van der Waals surface area (Å²) >= 11 is 0. The van der Waals surface area contributed by atoms with Crippen LogP contribution >= 0.6 is 0 Å². The van der Waals surface area contributed by atoms with E-state index in [4.69, 9.17) is 11.5 Å². The van der Waals surface area contributed by atoms with Crippen molar-refractivity contribution in [1.82, 2.24) is 0 Å². The molecule has 7 atom stereocenters. The molecule has 0 amide bonds. The normalized spacial score (nSPS) is 43.8. The molecule has 3 rings (SSSR count). The number of nitrogens with two attached hydrogens (primary N) is 2. The van der Waals surface area contributed by atoms with E-state index in [1.165, 1.54) is 44.9 Å². The van der Waals surface area contributed by atoms with Gasteiger partial charge in [-0.15, -0.1) is 0 Å². The molecule has 0 heterocycles. The van der Waals surface area contributed by atoms with Gasteiger partial charge < -0.3 is 11.5 Å². The van der Waals surface area contributed by atoms with Crippen molar-refractivity contribution in [2.75, 3.05) is 0 Å². The van der Waals surface area contributed by atoms with Crippen molar-refractivity contribution in [2.45, 2.75) is 98.1 Å². The first-order valence-corrected chi connectivity index (χ1v) is 10.9. The molecular formula is C23H42N2. The summed E-state index contributed by atoms with van der Waals surface area (Å²) < 4.78 is 0. The highest BCUT2D eigenvalue weighted by Gasteiger charge is 2.55. The number of fused-ring (bicyclic) bond motifs is 3. The quantitative estimate of drug-likeness (QED) is 0.682. The van der Waals surface area contributed by atoms with E-state index in [1.54, 1.807) is 0 Å². The fourth-order valence-corrected chi connectivity index (χ4v) is 6.89. The van der Waals surface area contributed by atoms with Crippen molar-refractivity contribution in [3.05, 3.63) is 11.6 Å². The third-order valence-electron chi connectivity index (χ3n) is 8.60. The van der Waals surface area contributed by atoms with E-state index < -0.39 is 0 Å². The van der Waals surface area contributed by atoms with Gasteiger partial charge in [-0.3, -0.25) is 0 Å². The number of rotatable bonds is 4. The van der Waals surface area contributed by atoms with Crippen molar-refractivity contribution in [1.29, 1.82) is 0 Å². The van der Waals surface area contributed by atoms with Crippen LogP contribution < -0.4 is 11.5 Å². The van der Waals surface area contributed by atoms with Crippen LogP contribution in [-0.4, -0.2) is 12.1 Å². The van der Waals surface area contributed by atoms with E-state index >= 15 is 0 Å². The largest absolute Gasteiger partial charge is 0.327 e. The molecule has 3 aliphatic rings. The summed E-state index contributed by atoms with van der Waals surface area (Å²) in [4.78, 5) is 0. The van der Waals surface area contributed by atoms with E-state index in [0.29, 0.717) is 10.8 Å². The molecule has 2 heteroatoms. The fraction of sp³-hybridized carbons (Fsp3) is 0.913. The van der Waals surface area contributed by atoms with Gasteiger partial charge in [0.2, 0.25) is 0 Å². The van der Waals surface area contributed by atoms with Crippen LogP contribution in [0, 0.1) is 34.5 Å². The molecule has 0 aromatic heterocycles. The maximum Gasteiger partial charge on any atom is 0.0194 e. The molecule has 0 aromatic carbocycles. The molecule has 3 aliphatic carbocycles. The molecule has 2 fully saturated rings. The van der Waals surface area contributed by atoms with Gasteiger partial charge in [0.25, 0.3) is 0 Å². The molecule has 0 saturated heterocycles. The van der Waals surface area contributed by atoms with Crippen LogP contribution in [0.4, 0.5) is 0 Å². The lowest BCUT2D eigenvalue weighted by molar-refractivity contribution is -0.0639. The molecular weight excluding hydrogens is 304 g/mol. The second-order valence-corrected chi connectivity index (χ2v) is 10.6. The van der Waals surface area contributed by atoms with Gasteiger partial charge in [0.1, 0.15) is 0 Å². The minimum absolute atomic E-state index is 0.0983. The Morgan fingerprint density at radius 2 is 1.84 bits per heavy atom. The third-order valence-corrected chi connectivity index (χ3v) is 8.60. The SMILES string of the molecule is CC(C)C1CC[C@@H]2C(=CCC3[C@@](C)(CC(N)C(C)N)CCC[C@@]32C)C1. The third kappa shape index (κ3) is 3.46. The standard InChI is InChI=1S/C23H42N2/c1-15(2)17-7-9-19-18(13-17)8-10-21-22(4,14-20(25)16(3)24)11-6-12-23(19,21)5/h8,15-17,19-21H,6-7,9-14,24-25H2,1-5H3/t16?,17?,19-,20?,21?,22-,23-/m1/s1. The molecule has 0 spiro atoms. The van der Waals surface area contributed by atoms with Crippen LogP contribution in [0.3, 0.4) is 0 Å². The van der Waals surface area contributed by atoms with Crippen molar-refractivity contribution >= 4 is 0 Å². The van der Waals surface area contributed by atoms with E-state index in [-0.39, 0.29) is 12.1 Å². The van der Waals surface area contributed by atoms with Crippen LogP contribution in [0.1, 0.15) is 86.0 Å². The Morgan fingerprint density at radius 1 is 1.12 bits per heavy atom. The van der Waals surface area contributed by atoms with E-state index in [1.807, 2.05) is 5.57 Å². The fourth-order valence-electron chi connectivity index (χ4n) is 6.89. The van der Waals surface area contributed by atoms with Gasteiger partial charge in [0, 0.05) is 12.1 Å². The summed E-state index contributed by atoms with van der Waals surface area (Å²) in [5, 5.41) is 0. The van der Waals surface area contributed by atoms with Crippen LogP contribution in [0.2, 0.25) is 0 Å². The molecule has 4 N–H and O–H groups in total. The molecule has 25 heavy (non-hydrogen) atoms. The Kier molecular flexibility index (Phi) is 5.44. The zero-order valence-electron chi connectivity index (χ0n) is 17.4. The highest BCUT2D eigenvalue weighted by Crippen LogP contribution is 2.63. The van der Waals surface area contributed by atoms with Crippen LogP contribution in [-0.2, 0) is 0 Å². The zero-order valence-corrected chi connectivity index (χ0v) is 17.4. The molecule has 4 unspecified atom stereocenters. The Bertz CT molecular complexity index is 508. The van der Waals surface area contributed by atoms with Gasteiger partial charge in [-0.1, -0.05) is 45.8 Å².